The van der Waals surface area contributed by atoms with E-state index in [-0.39, 0.29) is 39.4 Å². The zero-order valence-corrected chi connectivity index (χ0v) is 21.5. The molecule has 0 bridgehead atoms. The van der Waals surface area contributed by atoms with Gasteiger partial charge in [0.1, 0.15) is 18.2 Å². The van der Waals surface area contributed by atoms with E-state index in [1.165, 1.54) is 49.6 Å². The first-order chi connectivity index (χ1) is 18.6. The van der Waals surface area contributed by atoms with Gasteiger partial charge in [-0.3, -0.25) is 4.72 Å². The van der Waals surface area contributed by atoms with Crippen molar-refractivity contribution in [3.63, 3.8) is 0 Å². The molecular weight excluding hydrogens is 527 g/mol. The second-order valence-corrected chi connectivity index (χ2v) is 9.91. The number of methoxy groups -OCH3 is 2. The van der Waals surface area contributed by atoms with Crippen LogP contribution in [0.4, 0.5) is 10.1 Å². The highest BCUT2D eigenvalue weighted by atomic mass is 32.2. The van der Waals surface area contributed by atoms with Crippen LogP contribution in [0.15, 0.2) is 77.7 Å². The lowest BCUT2D eigenvalue weighted by Crippen LogP contribution is -2.17. The number of fused-ring (bicyclic) bond motifs is 1. The number of hydrogen-bond acceptors (Lipinski definition) is 8. The number of halogens is 1. The zero-order chi connectivity index (χ0) is 28.2. The summed E-state index contributed by atoms with van der Waals surface area (Å²) in [7, 11) is -1.86. The van der Waals surface area contributed by atoms with Gasteiger partial charge in [-0.25, -0.2) is 22.4 Å². The van der Waals surface area contributed by atoms with Gasteiger partial charge in [-0.1, -0.05) is 18.2 Å². The first kappa shape index (κ1) is 27.1. The van der Waals surface area contributed by atoms with Gasteiger partial charge in [0.15, 0.2) is 0 Å². The summed E-state index contributed by atoms with van der Waals surface area (Å²) in [6, 6.07) is 19.1. The second-order valence-electron chi connectivity index (χ2n) is 8.23. The Bertz CT molecular complexity index is 1750. The van der Waals surface area contributed by atoms with Gasteiger partial charge < -0.3 is 14.2 Å². The Balaban J connectivity index is 1.58. The van der Waals surface area contributed by atoms with Gasteiger partial charge in [0.25, 0.3) is 10.0 Å². The van der Waals surface area contributed by atoms with Crippen LogP contribution in [-0.2, 0) is 26.1 Å². The van der Waals surface area contributed by atoms with Crippen LogP contribution in [0.25, 0.3) is 10.8 Å². The van der Waals surface area contributed by atoms with Crippen molar-refractivity contribution in [2.75, 3.05) is 18.9 Å². The molecule has 0 saturated carbocycles. The minimum atomic E-state index is -4.19. The monoisotopic (exact) mass is 548 g/mol. The summed E-state index contributed by atoms with van der Waals surface area (Å²) in [4.78, 5) is 24.0. The number of nitrogens with one attached hydrogen (secondary N) is 1. The predicted octanol–water partition coefficient (Wildman–Crippen LogP) is 4.80. The summed E-state index contributed by atoms with van der Waals surface area (Å²) in [5.41, 5.74) is 0.289. The molecule has 0 radical (unpaired) electrons. The highest BCUT2D eigenvalue weighted by molar-refractivity contribution is 7.92. The number of benzene rings is 4. The predicted molar refractivity (Wildman–Crippen MR) is 139 cm³/mol. The fraction of sp³-hybridized carbons (Fsp3) is 0.107. The lowest BCUT2D eigenvalue weighted by atomic mass is 10.1. The number of hydrogen-bond donors (Lipinski definition) is 1. The third-order valence-corrected chi connectivity index (χ3v) is 7.12. The van der Waals surface area contributed by atoms with Crippen molar-refractivity contribution in [2.45, 2.75) is 11.5 Å². The van der Waals surface area contributed by atoms with E-state index in [0.717, 1.165) is 13.2 Å². The number of nitriles is 1. The third kappa shape index (κ3) is 5.97. The van der Waals surface area contributed by atoms with E-state index in [1.54, 1.807) is 24.3 Å². The fourth-order valence-electron chi connectivity index (χ4n) is 3.72. The van der Waals surface area contributed by atoms with Crippen LogP contribution in [0.2, 0.25) is 0 Å². The highest BCUT2D eigenvalue weighted by Crippen LogP contribution is 2.27. The first-order valence-corrected chi connectivity index (χ1v) is 12.8. The molecule has 1 N–H and O–H groups in total. The van der Waals surface area contributed by atoms with Crippen molar-refractivity contribution in [3.8, 4) is 11.8 Å². The molecule has 0 amide bonds. The van der Waals surface area contributed by atoms with Crippen molar-refractivity contribution in [3.05, 3.63) is 101 Å². The summed E-state index contributed by atoms with van der Waals surface area (Å²) in [6.45, 7) is -0.0629. The molecule has 4 aromatic carbocycles. The van der Waals surface area contributed by atoms with E-state index in [1.807, 2.05) is 6.07 Å². The largest absolute Gasteiger partial charge is 0.489 e. The van der Waals surface area contributed by atoms with Gasteiger partial charge in [0.05, 0.1) is 47.6 Å². The molecule has 0 fully saturated rings. The minimum absolute atomic E-state index is 0.0368. The normalized spacial score (nSPS) is 10.9. The van der Waals surface area contributed by atoms with Gasteiger partial charge in [0.2, 0.25) is 0 Å². The number of rotatable bonds is 8. The lowest BCUT2D eigenvalue weighted by molar-refractivity contribution is 0.0587. The van der Waals surface area contributed by atoms with E-state index in [0.29, 0.717) is 16.5 Å². The van der Waals surface area contributed by atoms with Gasteiger partial charge in [0, 0.05) is 5.56 Å². The van der Waals surface area contributed by atoms with Crippen LogP contribution in [0.3, 0.4) is 0 Å². The Hall–Kier alpha value is -4.95. The number of anilines is 1. The highest BCUT2D eigenvalue weighted by Gasteiger charge is 2.22. The molecule has 0 aromatic heterocycles. The Morgan fingerprint density at radius 1 is 0.897 bits per heavy atom. The SMILES string of the molecule is COC(=O)c1ccc(C(=O)OC)c(NS(=O)(=O)c2ccc3cc(OCc4ccc(C#N)cc4F)ccc3c2)c1. The number of ether oxygens (including phenoxy) is 3. The topological polar surface area (TPSA) is 132 Å². The summed E-state index contributed by atoms with van der Waals surface area (Å²) >= 11 is 0. The molecule has 0 saturated heterocycles. The number of nitrogens with zero attached hydrogens (tertiary/aromatic N) is 1. The fourth-order valence-corrected chi connectivity index (χ4v) is 4.82. The average Bonchev–Trinajstić information content (AvgIpc) is 2.94. The number of esters is 2. The summed E-state index contributed by atoms with van der Waals surface area (Å²) in [5.74, 6) is -1.62. The quantitative estimate of drug-likeness (QED) is 0.311. The molecule has 198 valence electrons. The Kier molecular flexibility index (Phi) is 7.78. The molecule has 0 spiro atoms. The molecule has 0 atom stereocenters. The number of carbonyl (C=O) groups excluding carboxylic acids is 2. The Morgan fingerprint density at radius 2 is 1.62 bits per heavy atom. The summed E-state index contributed by atoms with van der Waals surface area (Å²) < 4.78 is 58.0. The van der Waals surface area contributed by atoms with Gasteiger partial charge in [-0.15, -0.1) is 0 Å². The summed E-state index contributed by atoms with van der Waals surface area (Å²) in [5, 5.41) is 10.1. The molecule has 0 heterocycles. The van der Waals surface area contributed by atoms with Gasteiger partial charge in [-0.2, -0.15) is 5.26 Å². The molecule has 0 aliphatic carbocycles. The van der Waals surface area contributed by atoms with Crippen LogP contribution in [0.5, 0.6) is 5.75 Å². The van der Waals surface area contributed by atoms with Crippen LogP contribution in [0, 0.1) is 17.1 Å². The maximum Gasteiger partial charge on any atom is 0.339 e. The van der Waals surface area contributed by atoms with Crippen molar-refractivity contribution < 1.29 is 36.6 Å². The van der Waals surface area contributed by atoms with Crippen LogP contribution in [-0.4, -0.2) is 34.6 Å². The molecule has 0 aliphatic heterocycles. The van der Waals surface area contributed by atoms with Crippen molar-refractivity contribution in [1.82, 2.24) is 0 Å². The molecule has 4 rings (SSSR count). The maximum atomic E-state index is 14.1. The van der Waals surface area contributed by atoms with E-state index < -0.39 is 27.8 Å². The average molecular weight is 549 g/mol. The van der Waals surface area contributed by atoms with Gasteiger partial charge in [-0.05, 0) is 65.4 Å². The molecule has 9 nitrogen and oxygen atoms in total. The van der Waals surface area contributed by atoms with Crippen molar-refractivity contribution in [1.29, 1.82) is 5.26 Å². The molecule has 4 aromatic rings. The maximum absolute atomic E-state index is 14.1. The van der Waals surface area contributed by atoms with E-state index in [2.05, 4.69) is 9.46 Å². The third-order valence-electron chi connectivity index (χ3n) is 5.76. The molecule has 0 unspecified atom stereocenters. The lowest BCUT2D eigenvalue weighted by Gasteiger charge is -2.14. The number of sulfonamides is 1. The molecule has 0 aliphatic rings. The Morgan fingerprint density at radius 3 is 2.31 bits per heavy atom. The Labute approximate surface area is 223 Å². The number of carbonyl (C=O) groups is 2. The molecule has 39 heavy (non-hydrogen) atoms. The zero-order valence-electron chi connectivity index (χ0n) is 20.7. The first-order valence-electron chi connectivity index (χ1n) is 11.3. The van der Waals surface area contributed by atoms with E-state index in [9.17, 15) is 22.4 Å². The summed E-state index contributed by atoms with van der Waals surface area (Å²) in [6.07, 6.45) is 0. The van der Waals surface area contributed by atoms with Gasteiger partial charge >= 0.3 is 11.9 Å². The van der Waals surface area contributed by atoms with E-state index >= 15 is 0 Å². The second kappa shape index (κ2) is 11.2. The smallest absolute Gasteiger partial charge is 0.339 e. The standard InChI is InChI=1S/C28H21FN2O7S/c1-36-27(32)20-7-10-24(28(33)37-2)26(14-20)31-39(34,35)23-9-6-18-12-22(8-5-19(18)13-23)38-16-21-4-3-17(15-30)11-25(21)29/h3-14,31H,16H2,1-2H3. The molecular formula is C28H21FN2O7S. The minimum Gasteiger partial charge on any atom is -0.489 e. The van der Waals surface area contributed by atoms with Crippen LogP contribution < -0.4 is 9.46 Å². The van der Waals surface area contributed by atoms with Crippen LogP contribution in [0.1, 0.15) is 31.8 Å². The van der Waals surface area contributed by atoms with Crippen LogP contribution >= 0.6 is 0 Å². The van der Waals surface area contributed by atoms with Crippen molar-refractivity contribution >= 4 is 38.4 Å². The van der Waals surface area contributed by atoms with Crippen molar-refractivity contribution in [2.24, 2.45) is 0 Å². The van der Waals surface area contributed by atoms with E-state index in [4.69, 9.17) is 14.7 Å². The molecule has 11 heteroatoms.